The molecule has 8 nitrogen and oxygen atoms in total. The van der Waals surface area contributed by atoms with E-state index in [2.05, 4.69) is 29.2 Å². The Morgan fingerprint density at radius 3 is 2.39 bits per heavy atom. The van der Waals surface area contributed by atoms with Crippen molar-refractivity contribution >= 4 is 29.0 Å². The SMILES string of the molecule is CCN(CC)C(=O)C1=C(C)N=c2s/c(=C\c3ccc(N4CCCCC4)cc3)c(=O)n2[C@H]1c1cc(OC)ccc1OC. The standard InChI is InChI=1S/C32H38N4O4S/c1-6-34(7-2)31(38)28-21(3)33-32-36(29(28)25-20-24(39-4)15-16-26(25)40-5)30(37)27(41-32)19-22-11-13-23(14-12-22)35-17-9-8-10-18-35/h11-16,19-20,29H,6-10,17-18H2,1-5H3/b27-19-/t29-/m0/s1. The van der Waals surface area contributed by atoms with Crippen molar-refractivity contribution in [3.05, 3.63) is 84.5 Å². The van der Waals surface area contributed by atoms with E-state index in [1.54, 1.807) is 23.7 Å². The van der Waals surface area contributed by atoms with Gasteiger partial charge in [-0.2, -0.15) is 0 Å². The molecule has 3 heterocycles. The van der Waals surface area contributed by atoms with E-state index in [-0.39, 0.29) is 11.5 Å². The number of carbonyl (C=O) groups excluding carboxylic acids is 1. The average molecular weight is 575 g/mol. The Hall–Kier alpha value is -3.85. The third-order valence-electron chi connectivity index (χ3n) is 7.95. The maximum absolute atomic E-state index is 14.1. The summed E-state index contributed by atoms with van der Waals surface area (Å²) in [5.41, 5.74) is 3.70. The molecule has 0 bridgehead atoms. The molecule has 0 N–H and O–H groups in total. The second kappa shape index (κ2) is 12.3. The Balaban J connectivity index is 1.65. The van der Waals surface area contributed by atoms with E-state index in [0.717, 1.165) is 18.7 Å². The van der Waals surface area contributed by atoms with Crippen molar-refractivity contribution in [3.8, 4) is 11.5 Å². The molecule has 2 aliphatic heterocycles. The van der Waals surface area contributed by atoms with Gasteiger partial charge in [-0.05, 0) is 82.0 Å². The number of benzene rings is 2. The summed E-state index contributed by atoms with van der Waals surface area (Å²) in [5, 5.41) is 0. The molecule has 1 fully saturated rings. The smallest absolute Gasteiger partial charge is 0.271 e. The van der Waals surface area contributed by atoms with Crippen molar-refractivity contribution < 1.29 is 14.3 Å². The van der Waals surface area contributed by atoms with Crippen LogP contribution in [0.1, 0.15) is 57.2 Å². The van der Waals surface area contributed by atoms with E-state index < -0.39 is 6.04 Å². The summed E-state index contributed by atoms with van der Waals surface area (Å²) >= 11 is 1.33. The molecule has 0 spiro atoms. The predicted molar refractivity (Wildman–Crippen MR) is 164 cm³/mol. The van der Waals surface area contributed by atoms with E-state index in [9.17, 15) is 9.59 Å². The van der Waals surface area contributed by atoms with Crippen molar-refractivity contribution in [3.63, 3.8) is 0 Å². The molecule has 0 aliphatic carbocycles. The van der Waals surface area contributed by atoms with Gasteiger partial charge in [-0.15, -0.1) is 0 Å². The highest BCUT2D eigenvalue weighted by atomic mass is 32.1. The summed E-state index contributed by atoms with van der Waals surface area (Å²) < 4.78 is 13.5. The van der Waals surface area contributed by atoms with Crippen LogP contribution in [-0.2, 0) is 4.79 Å². The van der Waals surface area contributed by atoms with E-state index in [1.807, 2.05) is 45.0 Å². The highest BCUT2D eigenvalue weighted by Crippen LogP contribution is 2.38. The number of thiazole rings is 1. The van der Waals surface area contributed by atoms with Crippen LogP contribution in [0.15, 0.2) is 63.5 Å². The first-order valence-electron chi connectivity index (χ1n) is 14.3. The fraction of sp³-hybridized carbons (Fsp3) is 0.406. The molecule has 41 heavy (non-hydrogen) atoms. The summed E-state index contributed by atoms with van der Waals surface area (Å²) in [6.07, 6.45) is 5.65. The molecule has 0 unspecified atom stereocenters. The highest BCUT2D eigenvalue weighted by Gasteiger charge is 2.36. The number of allylic oxidation sites excluding steroid dienone is 1. The van der Waals surface area contributed by atoms with Gasteiger partial charge in [0, 0.05) is 37.4 Å². The highest BCUT2D eigenvalue weighted by molar-refractivity contribution is 7.07. The van der Waals surface area contributed by atoms with Gasteiger partial charge in [0.1, 0.15) is 17.5 Å². The number of hydrogen-bond donors (Lipinski definition) is 0. The first kappa shape index (κ1) is 28.7. The van der Waals surface area contributed by atoms with Gasteiger partial charge in [-0.1, -0.05) is 23.5 Å². The number of ether oxygens (including phenoxy) is 2. The number of anilines is 1. The second-order valence-corrected chi connectivity index (χ2v) is 11.3. The van der Waals surface area contributed by atoms with Crippen molar-refractivity contribution in [2.45, 2.75) is 46.1 Å². The first-order chi connectivity index (χ1) is 19.9. The number of methoxy groups -OCH3 is 2. The second-order valence-electron chi connectivity index (χ2n) is 10.3. The molecule has 9 heteroatoms. The zero-order chi connectivity index (χ0) is 29.1. The van der Waals surface area contributed by atoms with Crippen LogP contribution < -0.4 is 29.3 Å². The number of carbonyl (C=O) groups is 1. The van der Waals surface area contributed by atoms with Gasteiger partial charge in [0.2, 0.25) is 0 Å². The third-order valence-corrected chi connectivity index (χ3v) is 8.93. The molecule has 0 radical (unpaired) electrons. The maximum atomic E-state index is 14.1. The quantitative estimate of drug-likeness (QED) is 0.405. The van der Waals surface area contributed by atoms with Crippen LogP contribution in [-0.4, -0.2) is 55.8 Å². The van der Waals surface area contributed by atoms with Crippen LogP contribution in [0.25, 0.3) is 6.08 Å². The molecule has 2 aromatic carbocycles. The lowest BCUT2D eigenvalue weighted by atomic mass is 9.93. The summed E-state index contributed by atoms with van der Waals surface area (Å²) in [4.78, 5) is 37.5. The van der Waals surface area contributed by atoms with Crippen LogP contribution in [0.5, 0.6) is 11.5 Å². The molecule has 1 aromatic heterocycles. The van der Waals surface area contributed by atoms with Crippen LogP contribution in [0.2, 0.25) is 0 Å². The van der Waals surface area contributed by atoms with Crippen LogP contribution in [0.4, 0.5) is 5.69 Å². The minimum atomic E-state index is -0.715. The Kier molecular flexibility index (Phi) is 8.63. The molecule has 2 aliphatic rings. The van der Waals surface area contributed by atoms with Gasteiger partial charge in [0.25, 0.3) is 11.5 Å². The maximum Gasteiger partial charge on any atom is 0.271 e. The van der Waals surface area contributed by atoms with Crippen molar-refractivity contribution in [1.82, 2.24) is 9.47 Å². The first-order valence-corrected chi connectivity index (χ1v) is 15.1. The van der Waals surface area contributed by atoms with Crippen molar-refractivity contribution in [2.24, 2.45) is 4.99 Å². The fourth-order valence-electron chi connectivity index (χ4n) is 5.71. The summed E-state index contributed by atoms with van der Waals surface area (Å²) in [6, 6.07) is 13.1. The molecule has 3 aromatic rings. The van der Waals surface area contributed by atoms with Gasteiger partial charge >= 0.3 is 0 Å². The number of aromatic nitrogens is 1. The third kappa shape index (κ3) is 5.55. The fourth-order valence-corrected chi connectivity index (χ4v) is 6.76. The predicted octanol–water partition coefficient (Wildman–Crippen LogP) is 4.11. The largest absolute Gasteiger partial charge is 0.497 e. The van der Waals surface area contributed by atoms with Crippen molar-refractivity contribution in [1.29, 1.82) is 0 Å². The zero-order valence-corrected chi connectivity index (χ0v) is 25.3. The van der Waals surface area contributed by atoms with Gasteiger partial charge in [0.15, 0.2) is 4.80 Å². The minimum Gasteiger partial charge on any atom is -0.497 e. The number of piperidine rings is 1. The number of nitrogens with zero attached hydrogens (tertiary/aromatic N) is 4. The minimum absolute atomic E-state index is 0.145. The molecular formula is C32H38N4O4S. The van der Waals surface area contributed by atoms with E-state index in [4.69, 9.17) is 14.5 Å². The number of likely N-dealkylation sites (N-methyl/N-ethyl adjacent to an activating group) is 1. The van der Waals surface area contributed by atoms with E-state index >= 15 is 0 Å². The van der Waals surface area contributed by atoms with E-state index in [1.165, 1.54) is 36.3 Å². The summed E-state index contributed by atoms with van der Waals surface area (Å²) in [7, 11) is 3.18. The topological polar surface area (TPSA) is 76.4 Å². The molecular weight excluding hydrogens is 536 g/mol. The van der Waals surface area contributed by atoms with Crippen LogP contribution in [0, 0.1) is 0 Å². The lowest BCUT2D eigenvalue weighted by molar-refractivity contribution is -0.127. The Bertz CT molecular complexity index is 1630. The Morgan fingerprint density at radius 1 is 1.05 bits per heavy atom. The van der Waals surface area contributed by atoms with Gasteiger partial charge in [0.05, 0.1) is 30.0 Å². The lowest BCUT2D eigenvalue weighted by Crippen LogP contribution is -2.43. The normalized spacial score (nSPS) is 17.2. The number of rotatable bonds is 8. The number of fused-ring (bicyclic) bond motifs is 1. The Morgan fingerprint density at radius 2 is 1.76 bits per heavy atom. The zero-order valence-electron chi connectivity index (χ0n) is 24.5. The molecule has 0 saturated carbocycles. The van der Waals surface area contributed by atoms with Gasteiger partial charge < -0.3 is 19.3 Å². The summed E-state index contributed by atoms with van der Waals surface area (Å²) in [5.74, 6) is 1.04. The van der Waals surface area contributed by atoms with Gasteiger partial charge in [-0.3, -0.25) is 14.2 Å². The Labute approximate surface area is 244 Å². The monoisotopic (exact) mass is 574 g/mol. The molecule has 1 atom stereocenters. The molecule has 5 rings (SSSR count). The van der Waals surface area contributed by atoms with Crippen LogP contribution >= 0.6 is 11.3 Å². The molecule has 1 amide bonds. The lowest BCUT2D eigenvalue weighted by Gasteiger charge is -2.30. The summed E-state index contributed by atoms with van der Waals surface area (Å²) in [6.45, 7) is 9.00. The molecule has 216 valence electrons. The average Bonchev–Trinajstić information content (AvgIpc) is 3.31. The van der Waals surface area contributed by atoms with Gasteiger partial charge in [-0.25, -0.2) is 4.99 Å². The molecule has 1 saturated heterocycles. The van der Waals surface area contributed by atoms with E-state index in [0.29, 0.717) is 50.8 Å². The van der Waals surface area contributed by atoms with Crippen LogP contribution in [0.3, 0.4) is 0 Å². The number of hydrogen-bond acceptors (Lipinski definition) is 7. The number of amides is 1. The van der Waals surface area contributed by atoms with Crippen molar-refractivity contribution in [2.75, 3.05) is 45.3 Å².